The summed E-state index contributed by atoms with van der Waals surface area (Å²) in [6, 6.07) is 7.43. The second-order valence-electron chi connectivity index (χ2n) is 4.63. The Morgan fingerprint density at radius 3 is 2.89 bits per heavy atom. The highest BCUT2D eigenvalue weighted by molar-refractivity contribution is 7.91. The maximum atomic E-state index is 11.3. The molecule has 1 aromatic rings. The second-order valence-corrected chi connectivity index (χ2v) is 6.86. The molecule has 0 bridgehead atoms. The number of benzene rings is 1. The minimum atomic E-state index is -2.85. The first-order chi connectivity index (χ1) is 9.04. The first-order valence-electron chi connectivity index (χ1n) is 6.05. The lowest BCUT2D eigenvalue weighted by Gasteiger charge is -2.11. The van der Waals surface area contributed by atoms with Crippen molar-refractivity contribution >= 4 is 9.84 Å². The predicted molar refractivity (Wildman–Crippen MR) is 71.6 cm³/mol. The molecule has 5 nitrogen and oxygen atoms in total. The molecule has 6 heteroatoms. The average Bonchev–Trinajstić information content (AvgIpc) is 2.75. The molecule has 1 unspecified atom stereocenters. The summed E-state index contributed by atoms with van der Waals surface area (Å²) in [6.45, 7) is 0.572. The van der Waals surface area contributed by atoms with Gasteiger partial charge in [0.05, 0.1) is 24.2 Å². The first kappa shape index (κ1) is 13.8. The number of hydrogen-bond donors (Lipinski definition) is 1. The Kier molecular flexibility index (Phi) is 4.08. The molecular formula is C13H16N2O3S. The van der Waals surface area contributed by atoms with Crippen LogP contribution in [-0.4, -0.2) is 33.1 Å². The molecular weight excluding hydrogens is 264 g/mol. The third-order valence-electron chi connectivity index (χ3n) is 3.21. The Labute approximate surface area is 113 Å². The van der Waals surface area contributed by atoms with Crippen LogP contribution < -0.4 is 10.1 Å². The van der Waals surface area contributed by atoms with Gasteiger partial charge in [-0.05, 0) is 24.1 Å². The van der Waals surface area contributed by atoms with Crippen molar-refractivity contribution in [2.45, 2.75) is 19.0 Å². The van der Waals surface area contributed by atoms with Gasteiger partial charge >= 0.3 is 0 Å². The SMILES string of the molecule is COc1cc(CNC2CCS(=O)(=O)C2)ccc1C#N. The number of nitrogens with zero attached hydrogens (tertiary/aromatic N) is 1. The monoisotopic (exact) mass is 280 g/mol. The quantitative estimate of drug-likeness (QED) is 0.884. The lowest BCUT2D eigenvalue weighted by molar-refractivity contribution is 0.412. The summed E-state index contributed by atoms with van der Waals surface area (Å²) in [7, 11) is -1.33. The lowest BCUT2D eigenvalue weighted by Crippen LogP contribution is -2.29. The Hall–Kier alpha value is -1.58. The summed E-state index contributed by atoms with van der Waals surface area (Å²) >= 11 is 0. The summed E-state index contributed by atoms with van der Waals surface area (Å²) in [4.78, 5) is 0. The molecule has 1 fully saturated rings. The van der Waals surface area contributed by atoms with E-state index in [1.807, 2.05) is 6.07 Å². The van der Waals surface area contributed by atoms with Gasteiger partial charge in [0.15, 0.2) is 9.84 Å². The maximum Gasteiger partial charge on any atom is 0.151 e. The van der Waals surface area contributed by atoms with E-state index in [2.05, 4.69) is 11.4 Å². The number of sulfone groups is 1. The van der Waals surface area contributed by atoms with Crippen molar-refractivity contribution in [3.63, 3.8) is 0 Å². The normalized spacial score (nSPS) is 20.9. The molecule has 0 aromatic heterocycles. The summed E-state index contributed by atoms with van der Waals surface area (Å²) < 4.78 is 27.8. The molecule has 19 heavy (non-hydrogen) atoms. The third-order valence-corrected chi connectivity index (χ3v) is 4.98. The van der Waals surface area contributed by atoms with E-state index in [0.717, 1.165) is 5.56 Å². The zero-order chi connectivity index (χ0) is 13.9. The number of methoxy groups -OCH3 is 1. The Morgan fingerprint density at radius 2 is 2.32 bits per heavy atom. The molecule has 1 N–H and O–H groups in total. The van der Waals surface area contributed by atoms with Crippen LogP contribution in [0.4, 0.5) is 0 Å². The molecule has 1 aromatic carbocycles. The molecule has 0 radical (unpaired) electrons. The fraction of sp³-hybridized carbons (Fsp3) is 0.462. The fourth-order valence-corrected chi connectivity index (χ4v) is 3.86. The van der Waals surface area contributed by atoms with Crippen LogP contribution in [0.25, 0.3) is 0 Å². The van der Waals surface area contributed by atoms with E-state index in [9.17, 15) is 8.42 Å². The van der Waals surface area contributed by atoms with Crippen molar-refractivity contribution in [3.8, 4) is 11.8 Å². The predicted octanol–water partition coefficient (Wildman–Crippen LogP) is 0.844. The zero-order valence-corrected chi connectivity index (χ0v) is 11.5. The van der Waals surface area contributed by atoms with E-state index in [1.54, 1.807) is 12.1 Å². The summed E-state index contributed by atoms with van der Waals surface area (Å²) in [5.41, 5.74) is 1.47. The Bertz CT molecular complexity index is 605. The van der Waals surface area contributed by atoms with E-state index in [-0.39, 0.29) is 17.5 Å². The molecule has 0 amide bonds. The molecule has 1 aliphatic heterocycles. The van der Waals surface area contributed by atoms with Gasteiger partial charge in [0.1, 0.15) is 11.8 Å². The van der Waals surface area contributed by atoms with E-state index >= 15 is 0 Å². The number of nitriles is 1. The fourth-order valence-electron chi connectivity index (χ4n) is 2.16. The number of ether oxygens (including phenoxy) is 1. The van der Waals surface area contributed by atoms with Crippen molar-refractivity contribution < 1.29 is 13.2 Å². The van der Waals surface area contributed by atoms with Crippen LogP contribution in [0.3, 0.4) is 0 Å². The number of hydrogen-bond acceptors (Lipinski definition) is 5. The largest absolute Gasteiger partial charge is 0.495 e. The van der Waals surface area contributed by atoms with Gasteiger partial charge in [0.2, 0.25) is 0 Å². The molecule has 0 saturated carbocycles. The van der Waals surface area contributed by atoms with Crippen LogP contribution >= 0.6 is 0 Å². The van der Waals surface area contributed by atoms with Crippen LogP contribution in [0, 0.1) is 11.3 Å². The molecule has 2 rings (SSSR count). The highest BCUT2D eigenvalue weighted by atomic mass is 32.2. The molecule has 0 aliphatic carbocycles. The second kappa shape index (κ2) is 5.59. The van der Waals surface area contributed by atoms with Crippen molar-refractivity contribution in [1.82, 2.24) is 5.32 Å². The van der Waals surface area contributed by atoms with Crippen molar-refractivity contribution in [2.75, 3.05) is 18.6 Å². The van der Waals surface area contributed by atoms with Gasteiger partial charge in [0.25, 0.3) is 0 Å². The molecule has 0 spiro atoms. The van der Waals surface area contributed by atoms with Crippen molar-refractivity contribution in [1.29, 1.82) is 5.26 Å². The summed E-state index contributed by atoms with van der Waals surface area (Å²) in [5, 5.41) is 12.1. The first-order valence-corrected chi connectivity index (χ1v) is 7.87. The lowest BCUT2D eigenvalue weighted by atomic mass is 10.1. The van der Waals surface area contributed by atoms with Crippen LogP contribution in [0.2, 0.25) is 0 Å². The van der Waals surface area contributed by atoms with E-state index in [4.69, 9.17) is 10.00 Å². The minimum Gasteiger partial charge on any atom is -0.495 e. The van der Waals surface area contributed by atoms with Gasteiger partial charge in [0, 0.05) is 12.6 Å². The average molecular weight is 280 g/mol. The van der Waals surface area contributed by atoms with Crippen LogP contribution in [0.5, 0.6) is 5.75 Å². The van der Waals surface area contributed by atoms with Gasteiger partial charge in [-0.3, -0.25) is 0 Å². The van der Waals surface area contributed by atoms with E-state index in [1.165, 1.54) is 7.11 Å². The van der Waals surface area contributed by atoms with Gasteiger partial charge in [-0.2, -0.15) is 5.26 Å². The van der Waals surface area contributed by atoms with E-state index < -0.39 is 9.84 Å². The van der Waals surface area contributed by atoms with Crippen LogP contribution in [0.15, 0.2) is 18.2 Å². The van der Waals surface area contributed by atoms with Gasteiger partial charge in [-0.25, -0.2) is 8.42 Å². The van der Waals surface area contributed by atoms with Gasteiger partial charge in [-0.1, -0.05) is 6.07 Å². The molecule has 1 saturated heterocycles. The Balaban J connectivity index is 1.99. The van der Waals surface area contributed by atoms with Crippen LogP contribution in [0.1, 0.15) is 17.5 Å². The van der Waals surface area contributed by atoms with E-state index in [0.29, 0.717) is 24.3 Å². The van der Waals surface area contributed by atoms with Crippen molar-refractivity contribution in [2.24, 2.45) is 0 Å². The Morgan fingerprint density at radius 1 is 1.53 bits per heavy atom. The highest BCUT2D eigenvalue weighted by Crippen LogP contribution is 2.19. The highest BCUT2D eigenvalue weighted by Gasteiger charge is 2.27. The third kappa shape index (κ3) is 3.46. The van der Waals surface area contributed by atoms with Gasteiger partial charge in [-0.15, -0.1) is 0 Å². The number of rotatable bonds is 4. The molecule has 1 aliphatic rings. The minimum absolute atomic E-state index is 0.0200. The zero-order valence-electron chi connectivity index (χ0n) is 10.7. The smallest absolute Gasteiger partial charge is 0.151 e. The topological polar surface area (TPSA) is 79.2 Å². The summed E-state index contributed by atoms with van der Waals surface area (Å²) in [5.74, 6) is 1.02. The molecule has 102 valence electrons. The van der Waals surface area contributed by atoms with Gasteiger partial charge < -0.3 is 10.1 Å². The molecule has 1 heterocycles. The van der Waals surface area contributed by atoms with Crippen LogP contribution in [-0.2, 0) is 16.4 Å². The molecule has 1 atom stereocenters. The van der Waals surface area contributed by atoms with Crippen molar-refractivity contribution in [3.05, 3.63) is 29.3 Å². The number of nitrogens with one attached hydrogen (secondary N) is 1. The maximum absolute atomic E-state index is 11.3. The summed E-state index contributed by atoms with van der Waals surface area (Å²) in [6.07, 6.45) is 0.662. The standard InChI is InChI=1S/C13H16N2O3S/c1-18-13-6-10(2-3-11(13)7-14)8-15-12-4-5-19(16,17)9-12/h2-3,6,12,15H,4-5,8-9H2,1H3.